The molecule has 2 nitrogen and oxygen atoms in total. The van der Waals surface area contributed by atoms with Gasteiger partial charge < -0.3 is 10.2 Å². The zero-order valence-corrected chi connectivity index (χ0v) is 11.0. The van der Waals surface area contributed by atoms with Gasteiger partial charge in [-0.1, -0.05) is 24.6 Å². The van der Waals surface area contributed by atoms with Gasteiger partial charge in [0.25, 0.3) is 0 Å². The second kappa shape index (κ2) is 4.58. The SMILES string of the molecule is C=C1CC[C@H](O)[C@@]2(C)CCC(=C(C)CO)C[C@H]12. The molecule has 0 spiro atoms. The van der Waals surface area contributed by atoms with Crippen LogP contribution < -0.4 is 0 Å². The van der Waals surface area contributed by atoms with Crippen LogP contribution in [0.3, 0.4) is 0 Å². The van der Waals surface area contributed by atoms with E-state index in [0.29, 0.717) is 5.92 Å². The molecule has 96 valence electrons. The monoisotopic (exact) mass is 236 g/mol. The number of allylic oxidation sites excluding steroid dienone is 2. The molecule has 2 fully saturated rings. The lowest BCUT2D eigenvalue weighted by atomic mass is 9.56. The number of hydrogen-bond acceptors (Lipinski definition) is 2. The second-order valence-corrected chi connectivity index (χ2v) is 6.02. The van der Waals surface area contributed by atoms with Crippen LogP contribution >= 0.6 is 0 Å². The minimum absolute atomic E-state index is 0.00850. The maximum absolute atomic E-state index is 10.3. The van der Waals surface area contributed by atoms with Gasteiger partial charge in [0.1, 0.15) is 0 Å². The summed E-state index contributed by atoms with van der Waals surface area (Å²) >= 11 is 0. The molecule has 2 aliphatic carbocycles. The molecule has 17 heavy (non-hydrogen) atoms. The molecule has 0 saturated heterocycles. The summed E-state index contributed by atoms with van der Waals surface area (Å²) in [7, 11) is 0. The van der Waals surface area contributed by atoms with Gasteiger partial charge in [-0.3, -0.25) is 0 Å². The van der Waals surface area contributed by atoms with Gasteiger partial charge in [0.05, 0.1) is 12.7 Å². The molecule has 0 aliphatic heterocycles. The van der Waals surface area contributed by atoms with E-state index < -0.39 is 0 Å². The lowest BCUT2D eigenvalue weighted by molar-refractivity contribution is -0.0341. The normalized spacial score (nSPS) is 41.1. The highest BCUT2D eigenvalue weighted by molar-refractivity contribution is 5.24. The molecule has 2 heteroatoms. The van der Waals surface area contributed by atoms with Gasteiger partial charge in [-0.05, 0) is 50.5 Å². The van der Waals surface area contributed by atoms with E-state index in [9.17, 15) is 10.2 Å². The van der Waals surface area contributed by atoms with Crippen molar-refractivity contribution in [3.05, 3.63) is 23.3 Å². The van der Waals surface area contributed by atoms with Gasteiger partial charge in [-0.2, -0.15) is 0 Å². The van der Waals surface area contributed by atoms with Crippen LogP contribution in [0.25, 0.3) is 0 Å². The summed E-state index contributed by atoms with van der Waals surface area (Å²) in [5.41, 5.74) is 3.79. The number of aliphatic hydroxyl groups is 2. The largest absolute Gasteiger partial charge is 0.393 e. The van der Waals surface area contributed by atoms with E-state index in [0.717, 1.165) is 37.7 Å². The highest BCUT2D eigenvalue weighted by Gasteiger charge is 2.47. The smallest absolute Gasteiger partial charge is 0.0641 e. The highest BCUT2D eigenvalue weighted by atomic mass is 16.3. The Labute approximate surface area is 104 Å². The maximum atomic E-state index is 10.3. The van der Waals surface area contributed by atoms with Crippen LogP contribution in [0.4, 0.5) is 0 Å². The Morgan fingerprint density at radius 2 is 2.18 bits per heavy atom. The molecular weight excluding hydrogens is 212 g/mol. The van der Waals surface area contributed by atoms with E-state index in [-0.39, 0.29) is 18.1 Å². The van der Waals surface area contributed by atoms with Crippen molar-refractivity contribution in [3.8, 4) is 0 Å². The van der Waals surface area contributed by atoms with Crippen LogP contribution in [-0.4, -0.2) is 22.9 Å². The van der Waals surface area contributed by atoms with Crippen molar-refractivity contribution >= 4 is 0 Å². The lowest BCUT2D eigenvalue weighted by Crippen LogP contribution is -2.46. The van der Waals surface area contributed by atoms with E-state index in [1.54, 1.807) is 0 Å². The predicted octanol–water partition coefficient (Wildman–Crippen LogP) is 2.81. The molecule has 0 aromatic carbocycles. The van der Waals surface area contributed by atoms with Crippen LogP contribution in [0, 0.1) is 11.3 Å². The average Bonchev–Trinajstić information content (AvgIpc) is 2.33. The minimum atomic E-state index is -0.186. The maximum Gasteiger partial charge on any atom is 0.0641 e. The van der Waals surface area contributed by atoms with Crippen molar-refractivity contribution in [1.29, 1.82) is 0 Å². The van der Waals surface area contributed by atoms with Crippen molar-refractivity contribution in [2.75, 3.05) is 6.61 Å². The zero-order chi connectivity index (χ0) is 12.6. The molecule has 0 aromatic heterocycles. The average molecular weight is 236 g/mol. The molecular formula is C15H24O2. The van der Waals surface area contributed by atoms with E-state index in [1.807, 2.05) is 6.92 Å². The first-order chi connectivity index (χ1) is 7.99. The summed E-state index contributed by atoms with van der Waals surface area (Å²) in [5.74, 6) is 0.400. The number of rotatable bonds is 1. The van der Waals surface area contributed by atoms with Gasteiger partial charge in [-0.15, -0.1) is 0 Å². The Kier molecular flexibility index (Phi) is 3.46. The van der Waals surface area contributed by atoms with Gasteiger partial charge >= 0.3 is 0 Å². The Hall–Kier alpha value is -0.600. The number of hydrogen-bond donors (Lipinski definition) is 2. The molecule has 0 radical (unpaired) electrons. The quantitative estimate of drug-likeness (QED) is 0.687. The van der Waals surface area contributed by atoms with Crippen molar-refractivity contribution in [3.63, 3.8) is 0 Å². The molecule has 0 unspecified atom stereocenters. The van der Waals surface area contributed by atoms with Crippen LogP contribution in [0.5, 0.6) is 0 Å². The minimum Gasteiger partial charge on any atom is -0.393 e. The Morgan fingerprint density at radius 1 is 1.47 bits per heavy atom. The summed E-state index contributed by atoms with van der Waals surface area (Å²) in [6.07, 6.45) is 4.65. The Bertz CT molecular complexity index is 356. The predicted molar refractivity (Wildman–Crippen MR) is 69.6 cm³/mol. The van der Waals surface area contributed by atoms with Crippen LogP contribution in [0.1, 0.15) is 46.0 Å². The van der Waals surface area contributed by atoms with Crippen molar-refractivity contribution in [2.24, 2.45) is 11.3 Å². The fourth-order valence-electron chi connectivity index (χ4n) is 3.51. The number of aliphatic hydroxyl groups excluding tert-OH is 2. The van der Waals surface area contributed by atoms with Gasteiger partial charge in [-0.25, -0.2) is 0 Å². The van der Waals surface area contributed by atoms with Crippen LogP contribution in [0.15, 0.2) is 23.3 Å². The first-order valence-electron chi connectivity index (χ1n) is 6.63. The summed E-state index contributed by atoms with van der Waals surface area (Å²) < 4.78 is 0. The molecule has 2 aliphatic rings. The third-order valence-electron chi connectivity index (χ3n) is 5.05. The first kappa shape index (κ1) is 12.8. The highest BCUT2D eigenvalue weighted by Crippen LogP contribution is 2.53. The van der Waals surface area contributed by atoms with Crippen LogP contribution in [-0.2, 0) is 0 Å². The first-order valence-corrected chi connectivity index (χ1v) is 6.63. The molecule has 2 rings (SSSR count). The fourth-order valence-corrected chi connectivity index (χ4v) is 3.51. The summed E-state index contributed by atoms with van der Waals surface area (Å²) in [4.78, 5) is 0. The molecule has 3 atom stereocenters. The van der Waals surface area contributed by atoms with Gasteiger partial charge in [0, 0.05) is 5.41 Å². The van der Waals surface area contributed by atoms with E-state index in [4.69, 9.17) is 0 Å². The molecule has 2 saturated carbocycles. The zero-order valence-electron chi connectivity index (χ0n) is 11.0. The fraction of sp³-hybridized carbons (Fsp3) is 0.733. The van der Waals surface area contributed by atoms with Crippen molar-refractivity contribution < 1.29 is 10.2 Å². The molecule has 0 aromatic rings. The third-order valence-corrected chi connectivity index (χ3v) is 5.05. The Morgan fingerprint density at radius 3 is 2.82 bits per heavy atom. The van der Waals surface area contributed by atoms with Gasteiger partial charge in [0.2, 0.25) is 0 Å². The van der Waals surface area contributed by atoms with Gasteiger partial charge in [0.15, 0.2) is 0 Å². The third kappa shape index (κ3) is 2.09. The topological polar surface area (TPSA) is 40.5 Å². The molecule has 0 heterocycles. The number of fused-ring (bicyclic) bond motifs is 1. The van der Waals surface area contributed by atoms with Crippen LogP contribution in [0.2, 0.25) is 0 Å². The Balaban J connectivity index is 2.27. The van der Waals surface area contributed by atoms with Crippen molar-refractivity contribution in [2.45, 2.75) is 52.1 Å². The van der Waals surface area contributed by atoms with E-state index >= 15 is 0 Å². The molecule has 0 bridgehead atoms. The van der Waals surface area contributed by atoms with E-state index in [2.05, 4.69) is 13.5 Å². The molecule has 2 N–H and O–H groups in total. The molecule has 0 amide bonds. The lowest BCUT2D eigenvalue weighted by Gasteiger charge is -2.50. The summed E-state index contributed by atoms with van der Waals surface area (Å²) in [6.45, 7) is 8.58. The standard InChI is InChI=1S/C15H24O2/c1-10-4-5-14(17)15(3)7-6-12(8-13(10)15)11(2)9-16/h13-14,16-17H,1,4-9H2,2-3H3/t13-,14+,15+/m1/s1. The summed E-state index contributed by atoms with van der Waals surface area (Å²) in [5, 5.41) is 19.5. The van der Waals surface area contributed by atoms with E-state index in [1.165, 1.54) is 11.1 Å². The second-order valence-electron chi connectivity index (χ2n) is 6.02. The van der Waals surface area contributed by atoms with Crippen molar-refractivity contribution in [1.82, 2.24) is 0 Å². The summed E-state index contributed by atoms with van der Waals surface area (Å²) in [6, 6.07) is 0.